The van der Waals surface area contributed by atoms with Crippen molar-refractivity contribution in [1.29, 1.82) is 0 Å². The number of phenolic OH excluding ortho intramolecular Hbond substituents is 1. The molecule has 0 aliphatic rings. The van der Waals surface area contributed by atoms with Crippen LogP contribution >= 0.6 is 0 Å². The molecular weight excluding hydrogens is 292 g/mol. The Labute approximate surface area is 147 Å². The normalized spacial score (nSPS) is 12.5. The molecule has 1 heteroatoms. The second kappa shape index (κ2) is 5.95. The van der Waals surface area contributed by atoms with E-state index in [0.29, 0.717) is 5.75 Å². The smallest absolute Gasteiger partial charge is 0.123 e. The van der Waals surface area contributed by atoms with E-state index < -0.39 is 0 Å². The van der Waals surface area contributed by atoms with Gasteiger partial charge in [0.05, 0.1) is 0 Å². The molecule has 0 atom stereocenters. The first kappa shape index (κ1) is 18.6. The molecule has 1 nitrogen and oxygen atoms in total. The van der Waals surface area contributed by atoms with Crippen molar-refractivity contribution in [2.75, 3.05) is 0 Å². The molecule has 130 valence electrons. The first-order valence-electron chi connectivity index (χ1n) is 8.78. The lowest BCUT2D eigenvalue weighted by Gasteiger charge is -2.29. The summed E-state index contributed by atoms with van der Waals surface area (Å²) in [5.74, 6) is 0.446. The summed E-state index contributed by atoms with van der Waals surface area (Å²) >= 11 is 0. The highest BCUT2D eigenvalue weighted by molar-refractivity contribution is 5.74. The predicted octanol–water partition coefficient (Wildman–Crippen LogP) is 6.58. The monoisotopic (exact) mass is 324 g/mol. The molecule has 24 heavy (non-hydrogen) atoms. The van der Waals surface area contributed by atoms with Gasteiger partial charge in [-0.1, -0.05) is 59.2 Å². The van der Waals surface area contributed by atoms with Crippen molar-refractivity contribution < 1.29 is 5.11 Å². The second-order valence-corrected chi connectivity index (χ2v) is 9.19. The third-order valence-electron chi connectivity index (χ3n) is 4.69. The van der Waals surface area contributed by atoms with Crippen LogP contribution in [-0.2, 0) is 10.8 Å². The van der Waals surface area contributed by atoms with Crippen LogP contribution < -0.4 is 0 Å². The molecule has 0 aliphatic carbocycles. The molecule has 2 aromatic carbocycles. The molecule has 2 rings (SSSR count). The Hall–Kier alpha value is -1.76. The second-order valence-electron chi connectivity index (χ2n) is 9.19. The van der Waals surface area contributed by atoms with E-state index in [-0.39, 0.29) is 10.8 Å². The van der Waals surface area contributed by atoms with Crippen LogP contribution in [0, 0.1) is 20.8 Å². The van der Waals surface area contributed by atoms with Gasteiger partial charge in [-0.05, 0) is 66.0 Å². The van der Waals surface area contributed by atoms with Crippen molar-refractivity contribution in [2.45, 2.75) is 73.1 Å². The first-order chi connectivity index (χ1) is 10.8. The van der Waals surface area contributed by atoms with Crippen molar-refractivity contribution in [3.8, 4) is 16.9 Å². The fourth-order valence-corrected chi connectivity index (χ4v) is 3.56. The summed E-state index contributed by atoms with van der Waals surface area (Å²) in [7, 11) is 0. The Morgan fingerprint density at radius 1 is 0.667 bits per heavy atom. The molecule has 0 amide bonds. The molecule has 0 saturated carbocycles. The van der Waals surface area contributed by atoms with Crippen LogP contribution in [0.25, 0.3) is 11.1 Å². The van der Waals surface area contributed by atoms with Gasteiger partial charge in [-0.15, -0.1) is 0 Å². The molecule has 0 spiro atoms. The molecule has 0 aromatic heterocycles. The fraction of sp³-hybridized carbons (Fsp3) is 0.478. The minimum Gasteiger partial charge on any atom is -0.507 e. The minimum absolute atomic E-state index is 0.105. The highest BCUT2D eigenvalue weighted by Gasteiger charge is 2.27. The Balaban J connectivity index is 2.87. The number of rotatable bonds is 1. The molecule has 0 saturated heterocycles. The van der Waals surface area contributed by atoms with Gasteiger partial charge in [0, 0.05) is 11.1 Å². The van der Waals surface area contributed by atoms with Gasteiger partial charge in [-0.3, -0.25) is 0 Å². The number of hydrogen-bond acceptors (Lipinski definition) is 1. The first-order valence-corrected chi connectivity index (χ1v) is 8.78. The van der Waals surface area contributed by atoms with Crippen LogP contribution in [0.1, 0.15) is 69.4 Å². The van der Waals surface area contributed by atoms with Gasteiger partial charge in [-0.2, -0.15) is 0 Å². The summed E-state index contributed by atoms with van der Waals surface area (Å²) < 4.78 is 0. The number of phenols is 1. The summed E-state index contributed by atoms with van der Waals surface area (Å²) in [6.45, 7) is 19.5. The minimum atomic E-state index is -0.105. The number of benzene rings is 2. The predicted molar refractivity (Wildman–Crippen MR) is 105 cm³/mol. The van der Waals surface area contributed by atoms with E-state index in [1.54, 1.807) is 0 Å². The molecule has 0 bridgehead atoms. The van der Waals surface area contributed by atoms with Gasteiger partial charge in [0.2, 0.25) is 0 Å². The Kier molecular flexibility index (Phi) is 4.61. The SMILES string of the molecule is Cc1cc(C)c(-c2cc(C(C)(C)C)c(O)c(C(C)(C)C)c2)c(C)c1. The maximum atomic E-state index is 10.9. The lowest BCUT2D eigenvalue weighted by Crippen LogP contribution is -2.17. The summed E-state index contributed by atoms with van der Waals surface area (Å²) in [4.78, 5) is 0. The van der Waals surface area contributed by atoms with E-state index in [0.717, 1.165) is 11.1 Å². The van der Waals surface area contributed by atoms with Gasteiger partial charge in [-0.25, -0.2) is 0 Å². The summed E-state index contributed by atoms with van der Waals surface area (Å²) in [5, 5.41) is 10.9. The van der Waals surface area contributed by atoms with Crippen LogP contribution in [-0.4, -0.2) is 5.11 Å². The van der Waals surface area contributed by atoms with Crippen molar-refractivity contribution in [1.82, 2.24) is 0 Å². The highest BCUT2D eigenvalue weighted by atomic mass is 16.3. The largest absolute Gasteiger partial charge is 0.507 e. The summed E-state index contributed by atoms with van der Waals surface area (Å²) in [6.07, 6.45) is 0. The van der Waals surface area contributed by atoms with E-state index >= 15 is 0 Å². The number of hydrogen-bond donors (Lipinski definition) is 1. The van der Waals surface area contributed by atoms with Gasteiger partial charge < -0.3 is 5.11 Å². The van der Waals surface area contributed by atoms with Gasteiger partial charge >= 0.3 is 0 Å². The van der Waals surface area contributed by atoms with Crippen LogP contribution in [0.5, 0.6) is 5.75 Å². The maximum absolute atomic E-state index is 10.9. The van der Waals surface area contributed by atoms with E-state index in [2.05, 4.69) is 86.6 Å². The van der Waals surface area contributed by atoms with E-state index in [4.69, 9.17) is 0 Å². The Morgan fingerprint density at radius 2 is 1.04 bits per heavy atom. The van der Waals surface area contributed by atoms with Gasteiger partial charge in [0.1, 0.15) is 5.75 Å². The zero-order valence-corrected chi connectivity index (χ0v) is 16.8. The van der Waals surface area contributed by atoms with E-state index in [1.165, 1.54) is 27.8 Å². The highest BCUT2D eigenvalue weighted by Crippen LogP contribution is 2.43. The lowest BCUT2D eigenvalue weighted by molar-refractivity contribution is 0.423. The standard InChI is InChI=1S/C23H32O/c1-14-10-15(2)20(16(3)11-14)17-12-18(22(4,5)6)21(24)19(13-17)23(7,8)9/h10-13,24H,1-9H3. The molecule has 1 N–H and O–H groups in total. The quantitative estimate of drug-likeness (QED) is 0.628. The average Bonchev–Trinajstić information content (AvgIpc) is 2.36. The maximum Gasteiger partial charge on any atom is 0.123 e. The topological polar surface area (TPSA) is 20.2 Å². The van der Waals surface area contributed by atoms with Crippen LogP contribution in [0.2, 0.25) is 0 Å². The van der Waals surface area contributed by atoms with Crippen molar-refractivity contribution in [3.05, 3.63) is 52.1 Å². The molecular formula is C23H32O. The fourth-order valence-electron chi connectivity index (χ4n) is 3.56. The molecule has 2 aromatic rings. The van der Waals surface area contributed by atoms with Crippen molar-refractivity contribution in [3.63, 3.8) is 0 Å². The summed E-state index contributed by atoms with van der Waals surface area (Å²) in [5.41, 5.74) is 8.19. The summed E-state index contributed by atoms with van der Waals surface area (Å²) in [6, 6.07) is 8.83. The average molecular weight is 325 g/mol. The van der Waals surface area contributed by atoms with Crippen LogP contribution in [0.15, 0.2) is 24.3 Å². The Morgan fingerprint density at radius 3 is 1.38 bits per heavy atom. The van der Waals surface area contributed by atoms with Crippen LogP contribution in [0.3, 0.4) is 0 Å². The van der Waals surface area contributed by atoms with E-state index in [1.807, 2.05) is 0 Å². The van der Waals surface area contributed by atoms with Crippen LogP contribution in [0.4, 0.5) is 0 Å². The third kappa shape index (κ3) is 3.50. The van der Waals surface area contributed by atoms with E-state index in [9.17, 15) is 5.11 Å². The van der Waals surface area contributed by atoms with Gasteiger partial charge in [0.25, 0.3) is 0 Å². The molecule has 0 radical (unpaired) electrons. The molecule has 0 aliphatic heterocycles. The zero-order chi connectivity index (χ0) is 18.4. The number of aryl methyl sites for hydroxylation is 3. The molecule has 0 fully saturated rings. The molecule has 0 heterocycles. The van der Waals surface area contributed by atoms with Crippen molar-refractivity contribution >= 4 is 0 Å². The Bertz CT molecular complexity index is 710. The third-order valence-corrected chi connectivity index (χ3v) is 4.69. The lowest BCUT2D eigenvalue weighted by atomic mass is 9.77. The van der Waals surface area contributed by atoms with Crippen molar-refractivity contribution in [2.24, 2.45) is 0 Å². The zero-order valence-electron chi connectivity index (χ0n) is 16.8. The van der Waals surface area contributed by atoms with Gasteiger partial charge in [0.15, 0.2) is 0 Å². The number of aromatic hydroxyl groups is 1. The molecule has 0 unspecified atom stereocenters.